The molecule has 0 aliphatic carbocycles. The molecule has 1 unspecified atom stereocenters. The number of fused-ring (bicyclic) bond motifs is 1. The average molecular weight is 348 g/mol. The van der Waals surface area contributed by atoms with Crippen LogP contribution in [0.25, 0.3) is 10.1 Å². The van der Waals surface area contributed by atoms with Crippen LogP contribution in [0.15, 0.2) is 22.7 Å². The molecule has 1 atom stereocenters. The highest BCUT2D eigenvalue weighted by Gasteiger charge is 2.16. The predicted molar refractivity (Wildman–Crippen MR) is 79.7 cm³/mol. The molecule has 5 heteroatoms. The van der Waals surface area contributed by atoms with E-state index in [1.807, 2.05) is 32.0 Å². The van der Waals surface area contributed by atoms with Gasteiger partial charge in [0.15, 0.2) is 0 Å². The van der Waals surface area contributed by atoms with Gasteiger partial charge in [-0.25, -0.2) is 4.79 Å². The molecule has 0 aliphatic heterocycles. The van der Waals surface area contributed by atoms with Crippen molar-refractivity contribution < 1.29 is 9.53 Å². The topological polar surface area (TPSA) is 26.3 Å². The summed E-state index contributed by atoms with van der Waals surface area (Å²) in [7, 11) is 0. The lowest BCUT2D eigenvalue weighted by molar-refractivity contribution is 0.0340. The van der Waals surface area contributed by atoms with E-state index in [0.29, 0.717) is 9.90 Å². The number of rotatable bonds is 3. The van der Waals surface area contributed by atoms with Crippen molar-refractivity contribution >= 4 is 54.9 Å². The fraction of sp³-hybridized carbons (Fsp3) is 0.308. The molecule has 0 spiro atoms. The van der Waals surface area contributed by atoms with Gasteiger partial charge in [0, 0.05) is 9.86 Å². The highest BCUT2D eigenvalue weighted by molar-refractivity contribution is 9.10. The van der Waals surface area contributed by atoms with Gasteiger partial charge in [-0.05, 0) is 31.5 Å². The minimum Gasteiger partial charge on any atom is -0.459 e. The molecule has 0 N–H and O–H groups in total. The maximum absolute atomic E-state index is 11.9. The fourth-order valence-corrected chi connectivity index (χ4v) is 3.31. The Bertz CT molecular complexity index is 555. The van der Waals surface area contributed by atoms with Gasteiger partial charge in [0.05, 0.1) is 15.8 Å². The molecule has 0 radical (unpaired) electrons. The van der Waals surface area contributed by atoms with Crippen molar-refractivity contribution in [1.29, 1.82) is 0 Å². The van der Waals surface area contributed by atoms with Crippen LogP contribution in [-0.4, -0.2) is 12.1 Å². The molecular formula is C13H12BrClO2S. The summed E-state index contributed by atoms with van der Waals surface area (Å²) in [4.78, 5) is 12.5. The van der Waals surface area contributed by atoms with E-state index >= 15 is 0 Å². The quantitative estimate of drug-likeness (QED) is 0.707. The maximum Gasteiger partial charge on any atom is 0.348 e. The van der Waals surface area contributed by atoms with E-state index in [4.69, 9.17) is 16.3 Å². The molecule has 18 heavy (non-hydrogen) atoms. The largest absolute Gasteiger partial charge is 0.459 e. The van der Waals surface area contributed by atoms with E-state index in [2.05, 4.69) is 15.9 Å². The van der Waals surface area contributed by atoms with Crippen LogP contribution in [0.4, 0.5) is 0 Å². The second-order valence-electron chi connectivity index (χ2n) is 4.01. The first-order valence-electron chi connectivity index (χ1n) is 5.61. The van der Waals surface area contributed by atoms with E-state index < -0.39 is 0 Å². The van der Waals surface area contributed by atoms with Gasteiger partial charge < -0.3 is 4.74 Å². The summed E-state index contributed by atoms with van der Waals surface area (Å²) in [5.74, 6) is -0.284. The Kier molecular flexibility index (Phi) is 4.30. The van der Waals surface area contributed by atoms with Gasteiger partial charge in [0.25, 0.3) is 0 Å². The summed E-state index contributed by atoms with van der Waals surface area (Å²) in [5, 5.41) is 1.60. The average Bonchev–Trinajstić information content (AvgIpc) is 2.80. The van der Waals surface area contributed by atoms with Gasteiger partial charge in [0.1, 0.15) is 4.88 Å². The number of carbonyl (C=O) groups is 1. The van der Waals surface area contributed by atoms with Gasteiger partial charge in [0.2, 0.25) is 0 Å². The highest BCUT2D eigenvalue weighted by atomic mass is 79.9. The van der Waals surface area contributed by atoms with Crippen LogP contribution in [0, 0.1) is 0 Å². The smallest absolute Gasteiger partial charge is 0.348 e. The lowest BCUT2D eigenvalue weighted by Gasteiger charge is -2.08. The fourth-order valence-electron chi connectivity index (χ4n) is 1.48. The molecule has 2 aromatic rings. The third-order valence-electron chi connectivity index (χ3n) is 2.67. The summed E-state index contributed by atoms with van der Waals surface area (Å²) in [6.45, 7) is 3.87. The third-order valence-corrected chi connectivity index (χ3v) is 4.93. The van der Waals surface area contributed by atoms with Gasteiger partial charge in [-0.3, -0.25) is 0 Å². The molecule has 1 aromatic heterocycles. The lowest BCUT2D eigenvalue weighted by Crippen LogP contribution is -2.12. The molecule has 0 fully saturated rings. The Morgan fingerprint density at radius 3 is 2.89 bits per heavy atom. The number of hydrogen-bond acceptors (Lipinski definition) is 3. The Morgan fingerprint density at radius 2 is 2.28 bits per heavy atom. The minimum absolute atomic E-state index is 0.0679. The van der Waals surface area contributed by atoms with Crippen molar-refractivity contribution in [2.24, 2.45) is 0 Å². The molecule has 96 valence electrons. The molecule has 1 aromatic carbocycles. The molecule has 0 amide bonds. The molecule has 0 saturated carbocycles. The zero-order chi connectivity index (χ0) is 13.3. The summed E-state index contributed by atoms with van der Waals surface area (Å²) < 4.78 is 7.14. The van der Waals surface area contributed by atoms with Crippen molar-refractivity contribution in [3.8, 4) is 0 Å². The monoisotopic (exact) mass is 346 g/mol. The SMILES string of the molecule is CCC(C)OC(=O)c1cc2c(Br)ccc(Cl)c2s1. The van der Waals surface area contributed by atoms with Crippen molar-refractivity contribution in [1.82, 2.24) is 0 Å². The molecular weight excluding hydrogens is 336 g/mol. The maximum atomic E-state index is 11.9. The van der Waals surface area contributed by atoms with E-state index in [1.54, 1.807) is 0 Å². The minimum atomic E-state index is -0.284. The van der Waals surface area contributed by atoms with Crippen LogP contribution in [0.2, 0.25) is 5.02 Å². The van der Waals surface area contributed by atoms with Gasteiger partial charge in [-0.2, -0.15) is 0 Å². The number of ether oxygens (including phenoxy) is 1. The van der Waals surface area contributed by atoms with Crippen molar-refractivity contribution in [3.05, 3.63) is 32.6 Å². The van der Waals surface area contributed by atoms with Crippen LogP contribution < -0.4 is 0 Å². The Morgan fingerprint density at radius 1 is 1.56 bits per heavy atom. The van der Waals surface area contributed by atoms with Crippen LogP contribution in [0.5, 0.6) is 0 Å². The van der Waals surface area contributed by atoms with Gasteiger partial charge >= 0.3 is 5.97 Å². The van der Waals surface area contributed by atoms with Crippen molar-refractivity contribution in [2.45, 2.75) is 26.4 Å². The first kappa shape index (κ1) is 13.8. The molecule has 2 rings (SSSR count). The highest BCUT2D eigenvalue weighted by Crippen LogP contribution is 2.36. The summed E-state index contributed by atoms with van der Waals surface area (Å²) >= 11 is 10.9. The standard InChI is InChI=1S/C13H12BrClO2S/c1-3-7(2)17-13(16)11-6-8-9(14)4-5-10(15)12(8)18-11/h4-7H,3H2,1-2H3. The second kappa shape index (κ2) is 5.59. The van der Waals surface area contributed by atoms with Gasteiger partial charge in [-0.15, -0.1) is 11.3 Å². The molecule has 0 bridgehead atoms. The van der Waals surface area contributed by atoms with E-state index in [-0.39, 0.29) is 12.1 Å². The summed E-state index contributed by atoms with van der Waals surface area (Å²) in [6, 6.07) is 5.51. The van der Waals surface area contributed by atoms with E-state index in [0.717, 1.165) is 21.0 Å². The Hall–Kier alpha value is -0.580. The second-order valence-corrected chi connectivity index (χ2v) is 6.32. The van der Waals surface area contributed by atoms with Crippen molar-refractivity contribution in [2.75, 3.05) is 0 Å². The first-order valence-corrected chi connectivity index (χ1v) is 7.60. The Labute approximate surface area is 123 Å². The molecule has 2 nitrogen and oxygen atoms in total. The molecule has 1 heterocycles. The van der Waals surface area contributed by atoms with E-state index in [9.17, 15) is 4.79 Å². The zero-order valence-electron chi connectivity index (χ0n) is 10.00. The summed E-state index contributed by atoms with van der Waals surface area (Å²) in [5.41, 5.74) is 0. The van der Waals surface area contributed by atoms with Crippen LogP contribution in [0.1, 0.15) is 29.9 Å². The van der Waals surface area contributed by atoms with E-state index in [1.165, 1.54) is 11.3 Å². The van der Waals surface area contributed by atoms with Crippen molar-refractivity contribution in [3.63, 3.8) is 0 Å². The first-order chi connectivity index (χ1) is 8.52. The zero-order valence-corrected chi connectivity index (χ0v) is 13.2. The lowest BCUT2D eigenvalue weighted by atomic mass is 10.2. The Balaban J connectivity index is 2.38. The van der Waals surface area contributed by atoms with Crippen LogP contribution in [0.3, 0.4) is 0 Å². The van der Waals surface area contributed by atoms with Crippen LogP contribution >= 0.6 is 38.9 Å². The number of benzene rings is 1. The molecule has 0 saturated heterocycles. The molecule has 0 aliphatic rings. The summed E-state index contributed by atoms with van der Waals surface area (Å²) in [6.07, 6.45) is 0.739. The van der Waals surface area contributed by atoms with Crippen LogP contribution in [-0.2, 0) is 4.74 Å². The number of thiophene rings is 1. The predicted octanol–water partition coefficient (Wildman–Crippen LogP) is 5.27. The third kappa shape index (κ3) is 2.71. The number of carbonyl (C=O) groups excluding carboxylic acids is 1. The number of esters is 1. The normalized spacial score (nSPS) is 12.7. The number of halogens is 2. The van der Waals surface area contributed by atoms with Gasteiger partial charge in [-0.1, -0.05) is 34.5 Å². The number of hydrogen-bond donors (Lipinski definition) is 0.